The van der Waals surface area contributed by atoms with Crippen LogP contribution in [0.5, 0.6) is 5.75 Å². The molecule has 0 aliphatic carbocycles. The molecule has 0 radical (unpaired) electrons. The number of fused-ring (bicyclic) bond motifs is 1. The molecule has 4 heteroatoms. The minimum Gasteiger partial charge on any atom is -0.480 e. The van der Waals surface area contributed by atoms with E-state index in [1.165, 1.54) is 0 Å². The SMILES string of the molecule is O=C(NCC#CCOc1cccc2ccccc12)c1ccc(Cl)cc1. The van der Waals surface area contributed by atoms with Crippen LogP contribution in [0.2, 0.25) is 5.02 Å². The van der Waals surface area contributed by atoms with Gasteiger partial charge in [-0.3, -0.25) is 4.79 Å². The first kappa shape index (κ1) is 16.9. The van der Waals surface area contributed by atoms with E-state index in [0.717, 1.165) is 16.5 Å². The number of hydrogen-bond donors (Lipinski definition) is 1. The summed E-state index contributed by atoms with van der Waals surface area (Å²) in [6.45, 7) is 0.533. The number of rotatable bonds is 4. The molecule has 3 aromatic rings. The summed E-state index contributed by atoms with van der Waals surface area (Å²) in [6.07, 6.45) is 0. The molecular weight excluding hydrogens is 334 g/mol. The molecule has 0 aromatic heterocycles. The third-order valence-corrected chi connectivity index (χ3v) is 3.87. The Bertz CT molecular complexity index is 934. The molecule has 0 heterocycles. The van der Waals surface area contributed by atoms with E-state index in [1.807, 2.05) is 42.5 Å². The Morgan fingerprint density at radius 2 is 1.72 bits per heavy atom. The minimum atomic E-state index is -0.180. The number of ether oxygens (including phenoxy) is 1. The minimum absolute atomic E-state index is 0.180. The number of halogens is 1. The maximum atomic E-state index is 11.9. The van der Waals surface area contributed by atoms with Gasteiger partial charge in [0, 0.05) is 16.0 Å². The number of carbonyl (C=O) groups excluding carboxylic acids is 1. The van der Waals surface area contributed by atoms with Crippen LogP contribution in [0.15, 0.2) is 66.7 Å². The Hall–Kier alpha value is -2.96. The average molecular weight is 350 g/mol. The van der Waals surface area contributed by atoms with Gasteiger partial charge < -0.3 is 10.1 Å². The molecule has 0 spiro atoms. The van der Waals surface area contributed by atoms with E-state index >= 15 is 0 Å². The molecule has 0 saturated heterocycles. The summed E-state index contributed by atoms with van der Waals surface area (Å²) in [5, 5.41) is 5.52. The third kappa shape index (κ3) is 4.53. The number of benzene rings is 3. The van der Waals surface area contributed by atoms with Crippen molar-refractivity contribution in [3.63, 3.8) is 0 Å². The van der Waals surface area contributed by atoms with Gasteiger partial charge in [0.2, 0.25) is 0 Å². The van der Waals surface area contributed by atoms with E-state index in [2.05, 4.69) is 17.2 Å². The zero-order valence-electron chi connectivity index (χ0n) is 13.5. The summed E-state index contributed by atoms with van der Waals surface area (Å²) in [5.41, 5.74) is 0.554. The van der Waals surface area contributed by atoms with Crippen LogP contribution >= 0.6 is 11.6 Å². The fourth-order valence-electron chi connectivity index (χ4n) is 2.38. The van der Waals surface area contributed by atoms with E-state index in [1.54, 1.807) is 24.3 Å². The normalized spacial score (nSPS) is 9.96. The lowest BCUT2D eigenvalue weighted by Gasteiger charge is -2.06. The van der Waals surface area contributed by atoms with Gasteiger partial charge in [-0.15, -0.1) is 0 Å². The molecule has 0 bridgehead atoms. The second-order valence-corrected chi connectivity index (χ2v) is 5.75. The second-order valence-electron chi connectivity index (χ2n) is 5.31. The summed E-state index contributed by atoms with van der Waals surface area (Å²) in [6, 6.07) is 20.7. The van der Waals surface area contributed by atoms with Gasteiger partial charge in [0.05, 0.1) is 6.54 Å². The molecule has 3 nitrogen and oxygen atoms in total. The number of carbonyl (C=O) groups is 1. The summed E-state index contributed by atoms with van der Waals surface area (Å²) in [5.74, 6) is 6.41. The quantitative estimate of drug-likeness (QED) is 0.713. The zero-order valence-corrected chi connectivity index (χ0v) is 14.2. The molecule has 0 unspecified atom stereocenters. The molecule has 3 rings (SSSR count). The fraction of sp³-hybridized carbons (Fsp3) is 0.0952. The number of nitrogens with one attached hydrogen (secondary N) is 1. The molecule has 3 aromatic carbocycles. The van der Waals surface area contributed by atoms with Gasteiger partial charge in [-0.05, 0) is 35.7 Å². The first-order valence-electron chi connectivity index (χ1n) is 7.84. The fourth-order valence-corrected chi connectivity index (χ4v) is 2.50. The zero-order chi connectivity index (χ0) is 17.5. The molecule has 0 fully saturated rings. The molecule has 25 heavy (non-hydrogen) atoms. The monoisotopic (exact) mass is 349 g/mol. The Kier molecular flexibility index (Phi) is 5.56. The van der Waals surface area contributed by atoms with Gasteiger partial charge in [0.25, 0.3) is 5.91 Å². The summed E-state index contributed by atoms with van der Waals surface area (Å²) >= 11 is 5.80. The average Bonchev–Trinajstić information content (AvgIpc) is 2.65. The van der Waals surface area contributed by atoms with Crippen LogP contribution in [-0.4, -0.2) is 19.1 Å². The smallest absolute Gasteiger partial charge is 0.252 e. The van der Waals surface area contributed by atoms with Gasteiger partial charge in [-0.25, -0.2) is 0 Å². The lowest BCUT2D eigenvalue weighted by molar-refractivity contribution is 0.0958. The van der Waals surface area contributed by atoms with Crippen molar-refractivity contribution >= 4 is 28.3 Å². The standard InChI is InChI=1S/C21H16ClNO2/c22-18-12-10-17(11-13-18)21(24)23-14-3-4-15-25-20-9-5-7-16-6-1-2-8-19(16)20/h1-2,5-13H,14-15H2,(H,23,24). The highest BCUT2D eigenvalue weighted by Crippen LogP contribution is 2.24. The van der Waals surface area contributed by atoms with Crippen LogP contribution in [0.25, 0.3) is 10.8 Å². The van der Waals surface area contributed by atoms with Crippen molar-refractivity contribution in [2.45, 2.75) is 0 Å². The van der Waals surface area contributed by atoms with Crippen LogP contribution < -0.4 is 10.1 Å². The van der Waals surface area contributed by atoms with Crippen LogP contribution in [-0.2, 0) is 0 Å². The van der Waals surface area contributed by atoms with Crippen molar-refractivity contribution in [1.29, 1.82) is 0 Å². The summed E-state index contributed by atoms with van der Waals surface area (Å²) in [7, 11) is 0. The number of amides is 1. The first-order valence-corrected chi connectivity index (χ1v) is 8.22. The first-order chi connectivity index (χ1) is 12.2. The largest absolute Gasteiger partial charge is 0.480 e. The molecule has 0 saturated carbocycles. The number of hydrogen-bond acceptors (Lipinski definition) is 2. The van der Waals surface area contributed by atoms with Gasteiger partial charge in [0.15, 0.2) is 0 Å². The highest BCUT2D eigenvalue weighted by molar-refractivity contribution is 6.30. The topological polar surface area (TPSA) is 38.3 Å². The van der Waals surface area contributed by atoms with E-state index < -0.39 is 0 Å². The van der Waals surface area contributed by atoms with Crippen LogP contribution in [0, 0.1) is 11.8 Å². The van der Waals surface area contributed by atoms with Gasteiger partial charge in [-0.1, -0.05) is 59.8 Å². The van der Waals surface area contributed by atoms with Crippen molar-refractivity contribution in [3.8, 4) is 17.6 Å². The molecule has 0 aliphatic heterocycles. The van der Waals surface area contributed by atoms with Gasteiger partial charge in [-0.2, -0.15) is 0 Å². The van der Waals surface area contributed by atoms with E-state index in [0.29, 0.717) is 10.6 Å². The van der Waals surface area contributed by atoms with Crippen molar-refractivity contribution in [3.05, 3.63) is 77.3 Å². The van der Waals surface area contributed by atoms with Crippen LogP contribution in [0.3, 0.4) is 0 Å². The summed E-state index contributed by atoms with van der Waals surface area (Å²) < 4.78 is 5.72. The van der Waals surface area contributed by atoms with E-state index in [9.17, 15) is 4.79 Å². The van der Waals surface area contributed by atoms with Crippen LogP contribution in [0.1, 0.15) is 10.4 Å². The highest BCUT2D eigenvalue weighted by atomic mass is 35.5. The van der Waals surface area contributed by atoms with Gasteiger partial charge >= 0.3 is 0 Å². The Morgan fingerprint density at radius 1 is 0.960 bits per heavy atom. The van der Waals surface area contributed by atoms with Crippen LogP contribution in [0.4, 0.5) is 0 Å². The van der Waals surface area contributed by atoms with Gasteiger partial charge in [0.1, 0.15) is 12.4 Å². The Morgan fingerprint density at radius 3 is 2.56 bits per heavy atom. The molecular formula is C21H16ClNO2. The highest BCUT2D eigenvalue weighted by Gasteiger charge is 2.03. The van der Waals surface area contributed by atoms with E-state index in [-0.39, 0.29) is 19.1 Å². The second kappa shape index (κ2) is 8.23. The molecule has 1 amide bonds. The van der Waals surface area contributed by atoms with E-state index in [4.69, 9.17) is 16.3 Å². The molecule has 0 atom stereocenters. The molecule has 124 valence electrons. The predicted octanol–water partition coefficient (Wildman–Crippen LogP) is 4.31. The molecule has 0 aliphatic rings. The van der Waals surface area contributed by atoms with Crippen molar-refractivity contribution in [1.82, 2.24) is 5.32 Å². The third-order valence-electron chi connectivity index (χ3n) is 3.62. The lowest BCUT2D eigenvalue weighted by atomic mass is 10.1. The lowest BCUT2D eigenvalue weighted by Crippen LogP contribution is -2.23. The van der Waals surface area contributed by atoms with Crippen molar-refractivity contribution in [2.75, 3.05) is 13.2 Å². The van der Waals surface area contributed by atoms with Crippen molar-refractivity contribution in [2.24, 2.45) is 0 Å². The summed E-state index contributed by atoms with van der Waals surface area (Å²) in [4.78, 5) is 11.9. The maximum Gasteiger partial charge on any atom is 0.252 e. The maximum absolute atomic E-state index is 11.9. The Labute approximate surface area is 151 Å². The van der Waals surface area contributed by atoms with Crippen molar-refractivity contribution < 1.29 is 9.53 Å². The molecule has 1 N–H and O–H groups in total. The predicted molar refractivity (Wildman–Crippen MR) is 101 cm³/mol. The Balaban J connectivity index is 1.50.